The lowest BCUT2D eigenvalue weighted by atomic mass is 10.0. The molecule has 4 rings (SSSR count). The minimum absolute atomic E-state index is 0.187. The molecule has 2 aromatic carbocycles. The summed E-state index contributed by atoms with van der Waals surface area (Å²) in [4.78, 5) is 12.7. The Labute approximate surface area is 184 Å². The summed E-state index contributed by atoms with van der Waals surface area (Å²) in [6, 6.07) is 15.8. The van der Waals surface area contributed by atoms with E-state index in [4.69, 9.17) is 22.1 Å². The van der Waals surface area contributed by atoms with Crippen LogP contribution in [0.5, 0.6) is 5.75 Å². The van der Waals surface area contributed by atoms with Gasteiger partial charge in [0.05, 0.1) is 10.6 Å². The van der Waals surface area contributed by atoms with E-state index in [-0.39, 0.29) is 5.91 Å². The summed E-state index contributed by atoms with van der Waals surface area (Å²) in [6.07, 6.45) is 5.47. The molecule has 150 valence electrons. The number of aryl methyl sites for hydroxylation is 1. The molecule has 0 radical (unpaired) electrons. The summed E-state index contributed by atoms with van der Waals surface area (Å²) < 4.78 is 7.96. The topological polar surface area (TPSA) is 56.1 Å². The number of rotatable bonds is 6. The Hall–Kier alpha value is -3.16. The molecule has 1 aliphatic rings. The zero-order chi connectivity index (χ0) is 21.1. The molecule has 1 aromatic heterocycles. The summed E-state index contributed by atoms with van der Waals surface area (Å²) in [7, 11) is 0. The van der Waals surface area contributed by atoms with E-state index in [1.54, 1.807) is 6.08 Å². The average molecular weight is 434 g/mol. The SMILES string of the molecule is C=CCOc1ccc(-c2nn(-c3ccccc3)cc2C=C2SC(=S)NC2=O)cc1C. The number of nitrogens with zero attached hydrogens (tertiary/aromatic N) is 2. The molecule has 2 heterocycles. The maximum atomic E-state index is 12.2. The van der Waals surface area contributed by atoms with E-state index >= 15 is 0 Å². The van der Waals surface area contributed by atoms with Crippen molar-refractivity contribution in [2.45, 2.75) is 6.92 Å². The number of hydrogen-bond acceptors (Lipinski definition) is 5. The Morgan fingerprint density at radius 2 is 2.07 bits per heavy atom. The van der Waals surface area contributed by atoms with Crippen LogP contribution in [0.2, 0.25) is 0 Å². The Balaban J connectivity index is 1.80. The third kappa shape index (κ3) is 4.22. The van der Waals surface area contributed by atoms with E-state index in [9.17, 15) is 4.79 Å². The molecule has 1 N–H and O–H groups in total. The molecule has 30 heavy (non-hydrogen) atoms. The van der Waals surface area contributed by atoms with Crippen LogP contribution in [0.4, 0.5) is 0 Å². The number of carbonyl (C=O) groups is 1. The summed E-state index contributed by atoms with van der Waals surface area (Å²) in [6.45, 7) is 6.13. The number of ether oxygens (including phenoxy) is 1. The predicted octanol–water partition coefficient (Wildman–Crippen LogP) is 4.90. The van der Waals surface area contributed by atoms with Crippen LogP contribution in [0.15, 0.2) is 72.3 Å². The fourth-order valence-electron chi connectivity index (χ4n) is 3.10. The molecule has 7 heteroatoms. The number of thioether (sulfide) groups is 1. The van der Waals surface area contributed by atoms with Gasteiger partial charge in [-0.3, -0.25) is 4.79 Å². The summed E-state index contributed by atoms with van der Waals surface area (Å²) in [5.41, 5.74) is 4.48. The molecule has 0 saturated carbocycles. The van der Waals surface area contributed by atoms with Crippen LogP contribution in [-0.4, -0.2) is 26.6 Å². The van der Waals surface area contributed by atoms with Gasteiger partial charge in [-0.15, -0.1) is 0 Å². The van der Waals surface area contributed by atoms with Gasteiger partial charge in [-0.2, -0.15) is 5.10 Å². The molecule has 0 spiro atoms. The lowest BCUT2D eigenvalue weighted by molar-refractivity contribution is -0.115. The quantitative estimate of drug-likeness (QED) is 0.340. The fourth-order valence-corrected chi connectivity index (χ4v) is 4.13. The van der Waals surface area contributed by atoms with Gasteiger partial charge in [0.25, 0.3) is 5.91 Å². The molecule has 1 aliphatic heterocycles. The van der Waals surface area contributed by atoms with Crippen LogP contribution < -0.4 is 10.1 Å². The Kier molecular flexibility index (Phi) is 5.83. The molecule has 0 unspecified atom stereocenters. The lowest BCUT2D eigenvalue weighted by Gasteiger charge is -2.09. The second kappa shape index (κ2) is 8.69. The largest absolute Gasteiger partial charge is 0.489 e. The predicted molar refractivity (Wildman–Crippen MR) is 126 cm³/mol. The van der Waals surface area contributed by atoms with Crippen molar-refractivity contribution < 1.29 is 9.53 Å². The van der Waals surface area contributed by atoms with Gasteiger partial charge in [0.2, 0.25) is 0 Å². The highest BCUT2D eigenvalue weighted by molar-refractivity contribution is 8.26. The van der Waals surface area contributed by atoms with Crippen LogP contribution in [0.25, 0.3) is 23.0 Å². The molecule has 3 aromatic rings. The van der Waals surface area contributed by atoms with Gasteiger partial charge in [0.15, 0.2) is 0 Å². The summed E-state index contributed by atoms with van der Waals surface area (Å²) in [5.74, 6) is 0.616. The average Bonchev–Trinajstić information content (AvgIpc) is 3.30. The maximum Gasteiger partial charge on any atom is 0.263 e. The van der Waals surface area contributed by atoms with Crippen LogP contribution in [-0.2, 0) is 4.79 Å². The second-order valence-electron chi connectivity index (χ2n) is 6.65. The highest BCUT2D eigenvalue weighted by Crippen LogP contribution is 2.32. The highest BCUT2D eigenvalue weighted by Gasteiger charge is 2.23. The smallest absolute Gasteiger partial charge is 0.263 e. The van der Waals surface area contributed by atoms with Gasteiger partial charge < -0.3 is 10.1 Å². The van der Waals surface area contributed by atoms with E-state index in [0.717, 1.165) is 33.8 Å². The van der Waals surface area contributed by atoms with Crippen molar-refractivity contribution in [2.24, 2.45) is 0 Å². The van der Waals surface area contributed by atoms with Crippen LogP contribution >= 0.6 is 24.0 Å². The fraction of sp³-hybridized carbons (Fsp3) is 0.0870. The minimum atomic E-state index is -0.187. The summed E-state index contributed by atoms with van der Waals surface area (Å²) >= 11 is 6.37. The Bertz CT molecular complexity index is 1170. The first kappa shape index (κ1) is 20.1. The van der Waals surface area contributed by atoms with E-state index in [1.165, 1.54) is 11.8 Å². The molecule has 1 fully saturated rings. The van der Waals surface area contributed by atoms with E-state index in [2.05, 4.69) is 11.9 Å². The molecule has 1 amide bonds. The first-order chi connectivity index (χ1) is 14.5. The van der Waals surface area contributed by atoms with Gasteiger partial charge in [-0.05, 0) is 48.9 Å². The number of para-hydroxylation sites is 1. The van der Waals surface area contributed by atoms with Gasteiger partial charge in [0.1, 0.15) is 22.4 Å². The van der Waals surface area contributed by atoms with Crippen molar-refractivity contribution >= 4 is 40.3 Å². The molecule has 5 nitrogen and oxygen atoms in total. The van der Waals surface area contributed by atoms with Crippen LogP contribution in [0.1, 0.15) is 11.1 Å². The number of benzene rings is 2. The number of amides is 1. The van der Waals surface area contributed by atoms with E-state index in [0.29, 0.717) is 15.8 Å². The zero-order valence-corrected chi connectivity index (χ0v) is 17.9. The van der Waals surface area contributed by atoms with E-state index < -0.39 is 0 Å². The number of hydrogen-bond donors (Lipinski definition) is 1. The minimum Gasteiger partial charge on any atom is -0.489 e. The monoisotopic (exact) mass is 433 g/mol. The standard InChI is InChI=1S/C23H19N3O2S2/c1-3-11-28-19-10-9-16(12-15(19)2)21-17(13-20-22(27)24-23(29)30-20)14-26(25-21)18-7-5-4-6-8-18/h3-10,12-14H,1,11H2,2H3,(H,24,27,29). The Morgan fingerprint density at radius 1 is 1.27 bits per heavy atom. The number of thiocarbonyl (C=S) groups is 1. The Morgan fingerprint density at radius 3 is 2.73 bits per heavy atom. The first-order valence-corrected chi connectivity index (χ1v) is 10.5. The highest BCUT2D eigenvalue weighted by atomic mass is 32.2. The second-order valence-corrected chi connectivity index (χ2v) is 8.36. The van der Waals surface area contributed by atoms with E-state index in [1.807, 2.05) is 72.4 Å². The van der Waals surface area contributed by atoms with Crippen molar-refractivity contribution in [3.05, 3.63) is 83.4 Å². The third-order valence-corrected chi connectivity index (χ3v) is 5.66. The number of aromatic nitrogens is 2. The zero-order valence-electron chi connectivity index (χ0n) is 16.3. The number of carbonyl (C=O) groups excluding carboxylic acids is 1. The first-order valence-electron chi connectivity index (χ1n) is 9.30. The maximum absolute atomic E-state index is 12.2. The third-order valence-electron chi connectivity index (χ3n) is 4.50. The van der Waals surface area contributed by atoms with Crippen LogP contribution in [0, 0.1) is 6.92 Å². The molecular weight excluding hydrogens is 414 g/mol. The molecule has 0 bridgehead atoms. The number of nitrogens with one attached hydrogen (secondary N) is 1. The van der Waals surface area contributed by atoms with Crippen molar-refractivity contribution in [3.63, 3.8) is 0 Å². The van der Waals surface area contributed by atoms with Crippen molar-refractivity contribution in [1.82, 2.24) is 15.1 Å². The van der Waals surface area contributed by atoms with Gasteiger partial charge >= 0.3 is 0 Å². The summed E-state index contributed by atoms with van der Waals surface area (Å²) in [5, 5.41) is 7.47. The van der Waals surface area contributed by atoms with Crippen molar-refractivity contribution in [2.75, 3.05) is 6.61 Å². The van der Waals surface area contributed by atoms with Crippen molar-refractivity contribution in [1.29, 1.82) is 0 Å². The van der Waals surface area contributed by atoms with Gasteiger partial charge in [-0.1, -0.05) is 54.8 Å². The molecule has 0 aliphatic carbocycles. The molecule has 1 saturated heterocycles. The van der Waals surface area contributed by atoms with Crippen LogP contribution in [0.3, 0.4) is 0 Å². The molecular formula is C23H19N3O2S2. The normalized spacial score (nSPS) is 14.8. The van der Waals surface area contributed by atoms with Crippen molar-refractivity contribution in [3.8, 4) is 22.7 Å². The van der Waals surface area contributed by atoms with Gasteiger partial charge in [-0.25, -0.2) is 4.68 Å². The molecule has 0 atom stereocenters. The van der Waals surface area contributed by atoms with Gasteiger partial charge in [0, 0.05) is 17.3 Å². The lowest BCUT2D eigenvalue weighted by Crippen LogP contribution is -2.17.